The summed E-state index contributed by atoms with van der Waals surface area (Å²) >= 11 is 0. The Labute approximate surface area is 186 Å². The van der Waals surface area contributed by atoms with Gasteiger partial charge in [0.25, 0.3) is 0 Å². The van der Waals surface area contributed by atoms with Crippen molar-refractivity contribution in [1.29, 1.82) is 0 Å². The van der Waals surface area contributed by atoms with Crippen molar-refractivity contribution in [2.75, 3.05) is 39.3 Å². The highest BCUT2D eigenvalue weighted by atomic mass is 16.3. The highest BCUT2D eigenvalue weighted by Gasteiger charge is 2.59. The molecule has 0 radical (unpaired) electrons. The lowest BCUT2D eigenvalue weighted by atomic mass is 9.90. The van der Waals surface area contributed by atoms with Crippen molar-refractivity contribution in [3.05, 3.63) is 59.5 Å². The fraction of sp³-hybridized carbons (Fsp3) is 0.577. The molecule has 0 N–H and O–H groups in total. The number of likely N-dealkylation sites (tertiary alicyclic amines) is 1. The van der Waals surface area contributed by atoms with Gasteiger partial charge in [0.1, 0.15) is 11.5 Å². The first-order chi connectivity index (χ1) is 15.1. The number of aryl methyl sites for hydroxylation is 1. The number of carbonyl (C=O) groups excluding carboxylic acids is 1. The van der Waals surface area contributed by atoms with Crippen molar-refractivity contribution in [3.8, 4) is 0 Å². The molecule has 1 spiro atoms. The van der Waals surface area contributed by atoms with E-state index in [2.05, 4.69) is 64.1 Å². The summed E-state index contributed by atoms with van der Waals surface area (Å²) in [4.78, 5) is 20.3. The van der Waals surface area contributed by atoms with Gasteiger partial charge in [-0.05, 0) is 55.5 Å². The minimum absolute atomic E-state index is 0.269. The second kappa shape index (κ2) is 8.79. The molecule has 3 aliphatic rings. The maximum atomic E-state index is 13.2. The van der Waals surface area contributed by atoms with Crippen LogP contribution in [0.15, 0.2) is 46.9 Å². The SMILES string of the molecule is CCc1ccc(CN2CCC3(CC2)CC3C(=O)N2CCN(Cc3ccccc3)CC2)o1. The first-order valence-electron chi connectivity index (χ1n) is 12.0. The van der Waals surface area contributed by atoms with Crippen LogP contribution in [0.1, 0.15) is 43.3 Å². The first kappa shape index (κ1) is 20.8. The van der Waals surface area contributed by atoms with E-state index >= 15 is 0 Å². The van der Waals surface area contributed by atoms with Crippen molar-refractivity contribution < 1.29 is 9.21 Å². The summed E-state index contributed by atoms with van der Waals surface area (Å²) in [5.41, 5.74) is 1.64. The average Bonchev–Trinajstić information content (AvgIpc) is 3.31. The Hall–Kier alpha value is -2.11. The average molecular weight is 422 g/mol. The molecule has 0 bridgehead atoms. The highest BCUT2D eigenvalue weighted by molar-refractivity contribution is 5.83. The van der Waals surface area contributed by atoms with Crippen LogP contribution in [-0.4, -0.2) is 59.9 Å². The number of furan rings is 1. The topological polar surface area (TPSA) is 39.9 Å². The van der Waals surface area contributed by atoms with Gasteiger partial charge in [-0.25, -0.2) is 0 Å². The molecule has 1 atom stereocenters. The number of piperazine rings is 1. The van der Waals surface area contributed by atoms with Gasteiger partial charge in [-0.1, -0.05) is 37.3 Å². The van der Waals surface area contributed by atoms with Crippen LogP contribution in [0.3, 0.4) is 0 Å². The Bertz CT molecular complexity index is 877. The van der Waals surface area contributed by atoms with E-state index < -0.39 is 0 Å². The summed E-state index contributed by atoms with van der Waals surface area (Å²) in [5.74, 6) is 2.84. The zero-order valence-electron chi connectivity index (χ0n) is 18.8. The van der Waals surface area contributed by atoms with Crippen LogP contribution >= 0.6 is 0 Å². The van der Waals surface area contributed by atoms with Crippen LogP contribution < -0.4 is 0 Å². The Balaban J connectivity index is 1.07. The van der Waals surface area contributed by atoms with Crippen molar-refractivity contribution in [2.45, 2.75) is 45.7 Å². The molecule has 1 aromatic carbocycles. The summed E-state index contributed by atoms with van der Waals surface area (Å²) < 4.78 is 5.88. The van der Waals surface area contributed by atoms with Crippen molar-refractivity contribution >= 4 is 5.91 Å². The molecule has 2 saturated heterocycles. The van der Waals surface area contributed by atoms with Gasteiger partial charge in [-0.3, -0.25) is 14.6 Å². The van der Waals surface area contributed by atoms with E-state index in [1.54, 1.807) is 0 Å². The first-order valence-corrected chi connectivity index (χ1v) is 12.0. The number of amides is 1. The molecule has 1 aromatic heterocycles. The smallest absolute Gasteiger partial charge is 0.226 e. The lowest BCUT2D eigenvalue weighted by Gasteiger charge is -2.36. The molecule has 3 fully saturated rings. The maximum Gasteiger partial charge on any atom is 0.226 e. The minimum Gasteiger partial charge on any atom is -0.465 e. The molecule has 1 unspecified atom stereocenters. The molecule has 2 aliphatic heterocycles. The van der Waals surface area contributed by atoms with Gasteiger partial charge >= 0.3 is 0 Å². The van der Waals surface area contributed by atoms with Crippen LogP contribution in [0, 0.1) is 11.3 Å². The molecule has 3 heterocycles. The summed E-state index contributed by atoms with van der Waals surface area (Å²) in [6.45, 7) is 9.90. The van der Waals surface area contributed by atoms with Crippen LogP contribution in [0.4, 0.5) is 0 Å². The standard InChI is InChI=1S/C26H35N3O2/c1-2-22-8-9-23(31-22)20-27-12-10-26(11-13-27)18-24(26)25(30)29-16-14-28(15-17-29)19-21-6-4-3-5-7-21/h3-9,24H,2,10-20H2,1H3. The molecular formula is C26H35N3O2. The van der Waals surface area contributed by atoms with Gasteiger partial charge in [0.2, 0.25) is 5.91 Å². The molecule has 166 valence electrons. The van der Waals surface area contributed by atoms with E-state index in [-0.39, 0.29) is 11.3 Å². The number of hydrogen-bond acceptors (Lipinski definition) is 4. The van der Waals surface area contributed by atoms with Gasteiger partial charge in [0.15, 0.2) is 0 Å². The zero-order chi connectivity index (χ0) is 21.3. The lowest BCUT2D eigenvalue weighted by molar-refractivity contribution is -0.135. The Kier molecular flexibility index (Phi) is 5.89. The minimum atomic E-state index is 0.269. The molecule has 1 saturated carbocycles. The van der Waals surface area contributed by atoms with Crippen LogP contribution in [0.25, 0.3) is 0 Å². The molecule has 5 rings (SSSR count). The summed E-state index contributed by atoms with van der Waals surface area (Å²) in [6, 6.07) is 14.8. The Morgan fingerprint density at radius 3 is 2.26 bits per heavy atom. The molecule has 5 nitrogen and oxygen atoms in total. The molecule has 1 aliphatic carbocycles. The Morgan fingerprint density at radius 2 is 1.58 bits per heavy atom. The summed E-state index contributed by atoms with van der Waals surface area (Å²) in [7, 11) is 0. The Morgan fingerprint density at radius 1 is 0.903 bits per heavy atom. The number of hydrogen-bond donors (Lipinski definition) is 0. The second-order valence-corrected chi connectivity index (χ2v) is 9.70. The van der Waals surface area contributed by atoms with Gasteiger partial charge in [0, 0.05) is 45.1 Å². The van der Waals surface area contributed by atoms with Gasteiger partial charge in [-0.2, -0.15) is 0 Å². The molecule has 2 aromatic rings. The fourth-order valence-electron chi connectivity index (χ4n) is 5.51. The predicted octanol–water partition coefficient (Wildman–Crippen LogP) is 3.79. The zero-order valence-corrected chi connectivity index (χ0v) is 18.8. The number of carbonyl (C=O) groups is 1. The highest BCUT2D eigenvalue weighted by Crippen LogP contribution is 2.60. The number of nitrogens with zero attached hydrogens (tertiary/aromatic N) is 3. The van der Waals surface area contributed by atoms with Gasteiger partial charge in [-0.15, -0.1) is 0 Å². The van der Waals surface area contributed by atoms with Crippen molar-refractivity contribution in [3.63, 3.8) is 0 Å². The molecule has 5 heteroatoms. The quantitative estimate of drug-likeness (QED) is 0.712. The van der Waals surface area contributed by atoms with E-state index in [4.69, 9.17) is 4.42 Å². The van der Waals surface area contributed by atoms with E-state index in [0.717, 1.165) is 89.6 Å². The van der Waals surface area contributed by atoms with Gasteiger partial charge in [0.05, 0.1) is 6.54 Å². The van der Waals surface area contributed by atoms with Crippen molar-refractivity contribution in [2.24, 2.45) is 11.3 Å². The van der Waals surface area contributed by atoms with E-state index in [0.29, 0.717) is 5.91 Å². The van der Waals surface area contributed by atoms with Crippen LogP contribution in [0.5, 0.6) is 0 Å². The third-order valence-electron chi connectivity index (χ3n) is 7.72. The monoisotopic (exact) mass is 421 g/mol. The predicted molar refractivity (Wildman–Crippen MR) is 121 cm³/mol. The molecule has 1 amide bonds. The van der Waals surface area contributed by atoms with E-state index in [1.807, 2.05) is 0 Å². The third kappa shape index (κ3) is 4.58. The number of rotatable bonds is 6. The third-order valence-corrected chi connectivity index (χ3v) is 7.72. The van der Waals surface area contributed by atoms with E-state index in [1.165, 1.54) is 5.56 Å². The van der Waals surface area contributed by atoms with Crippen LogP contribution in [0.2, 0.25) is 0 Å². The summed E-state index contributed by atoms with van der Waals surface area (Å²) in [5, 5.41) is 0. The fourth-order valence-corrected chi connectivity index (χ4v) is 5.51. The second-order valence-electron chi connectivity index (χ2n) is 9.70. The lowest BCUT2D eigenvalue weighted by Crippen LogP contribution is -2.49. The number of benzene rings is 1. The van der Waals surface area contributed by atoms with Gasteiger partial charge < -0.3 is 9.32 Å². The normalized spacial score (nSPS) is 23.9. The van der Waals surface area contributed by atoms with E-state index in [9.17, 15) is 4.79 Å². The van der Waals surface area contributed by atoms with Crippen molar-refractivity contribution in [1.82, 2.24) is 14.7 Å². The number of piperidine rings is 1. The molecular weight excluding hydrogens is 386 g/mol. The maximum absolute atomic E-state index is 13.2. The summed E-state index contributed by atoms with van der Waals surface area (Å²) in [6.07, 6.45) is 4.36. The molecule has 31 heavy (non-hydrogen) atoms. The van der Waals surface area contributed by atoms with Crippen LogP contribution in [-0.2, 0) is 24.3 Å². The largest absolute Gasteiger partial charge is 0.465 e.